The number of amides is 2. The van der Waals surface area contributed by atoms with E-state index < -0.39 is 52.3 Å². The molecule has 2 aromatic rings. The zero-order valence-corrected chi connectivity index (χ0v) is 28.7. The van der Waals surface area contributed by atoms with Gasteiger partial charge >= 0.3 is 11.9 Å². The number of nitrogens with one attached hydrogen (secondary N) is 1. The number of nitrogens with zero attached hydrogens (tertiary/aromatic N) is 1. The molecule has 0 radical (unpaired) electrons. The van der Waals surface area contributed by atoms with Gasteiger partial charge in [0, 0.05) is 29.5 Å². The summed E-state index contributed by atoms with van der Waals surface area (Å²) >= 11 is 6.31. The van der Waals surface area contributed by atoms with Crippen molar-refractivity contribution >= 4 is 35.4 Å². The number of esters is 1. The minimum absolute atomic E-state index is 0.0830. The van der Waals surface area contributed by atoms with Crippen molar-refractivity contribution in [3.8, 4) is 5.75 Å². The highest BCUT2D eigenvalue weighted by molar-refractivity contribution is 6.31. The normalized spacial score (nSPS) is 23.1. The predicted octanol–water partition coefficient (Wildman–Crippen LogP) is 6.11. The monoisotopic (exact) mass is 654 g/mol. The first-order chi connectivity index (χ1) is 21.4. The predicted molar refractivity (Wildman–Crippen MR) is 175 cm³/mol. The number of benzene rings is 2. The molecule has 1 aliphatic heterocycles. The number of likely N-dealkylation sites (tertiary alicyclic amines) is 1. The van der Waals surface area contributed by atoms with Crippen molar-refractivity contribution in [1.82, 2.24) is 10.2 Å². The topological polar surface area (TPSA) is 122 Å². The first kappa shape index (κ1) is 35.3. The third-order valence-corrected chi connectivity index (χ3v) is 10.3. The second kappa shape index (κ2) is 13.6. The van der Waals surface area contributed by atoms with E-state index in [4.69, 9.17) is 21.1 Å². The summed E-state index contributed by atoms with van der Waals surface area (Å²) in [5.74, 6) is -2.09. The zero-order chi connectivity index (χ0) is 34.0. The zero-order valence-electron chi connectivity index (χ0n) is 27.9. The Morgan fingerprint density at radius 2 is 1.74 bits per heavy atom. The molecule has 4 rings (SSSR count). The first-order valence-electron chi connectivity index (χ1n) is 16.0. The Morgan fingerprint density at radius 3 is 2.35 bits per heavy atom. The van der Waals surface area contributed by atoms with Gasteiger partial charge in [0.2, 0.25) is 11.8 Å². The van der Waals surface area contributed by atoms with Crippen LogP contribution in [0.4, 0.5) is 0 Å². The number of rotatable bonds is 10. The highest BCUT2D eigenvalue weighted by Crippen LogP contribution is 2.57. The van der Waals surface area contributed by atoms with Crippen molar-refractivity contribution in [2.45, 2.75) is 105 Å². The molecule has 10 heteroatoms. The summed E-state index contributed by atoms with van der Waals surface area (Å²) in [4.78, 5) is 54.6. The van der Waals surface area contributed by atoms with Gasteiger partial charge in [-0.3, -0.25) is 9.59 Å². The summed E-state index contributed by atoms with van der Waals surface area (Å²) in [5.41, 5.74) is 0.273. The van der Waals surface area contributed by atoms with Crippen LogP contribution >= 0.6 is 11.6 Å². The van der Waals surface area contributed by atoms with Crippen LogP contribution < -0.4 is 10.1 Å². The number of aliphatic carboxylic acids is 1. The molecule has 0 bridgehead atoms. The lowest BCUT2D eigenvalue weighted by molar-refractivity contribution is -0.167. The molecular formula is C36H47ClN2O7. The fourth-order valence-corrected chi connectivity index (χ4v) is 6.99. The van der Waals surface area contributed by atoms with Crippen molar-refractivity contribution in [3.05, 3.63) is 64.2 Å². The van der Waals surface area contributed by atoms with E-state index in [9.17, 15) is 24.3 Å². The SMILES string of the molecule is Cc1cccc(Cl)c1COc1ccc(C[C@H](NC(=O)[C@H]2CC[C@@](C)(C(=O)N3CCC[C@H]3C(=O)OC(C)(C)C)C2(C)C)C(=O)O)cc1. The minimum atomic E-state index is -1.15. The third kappa shape index (κ3) is 7.51. The van der Waals surface area contributed by atoms with E-state index in [1.807, 2.05) is 45.9 Å². The van der Waals surface area contributed by atoms with E-state index >= 15 is 0 Å². The number of aryl methyl sites for hydroxylation is 1. The smallest absolute Gasteiger partial charge is 0.329 e. The van der Waals surface area contributed by atoms with Crippen LogP contribution in [-0.4, -0.2) is 58.0 Å². The number of carboxylic acid groups (broad SMARTS) is 1. The average molecular weight is 655 g/mol. The number of carbonyl (C=O) groups excluding carboxylic acids is 3. The molecule has 2 aliphatic rings. The standard InChI is InChI=1S/C36H47ClN2O7/c1-22-10-8-11-27(37)25(22)21-45-24-15-13-23(14-16-24)20-28(31(41)42)38-30(40)26-17-18-36(7,35(26,5)6)33(44)39-19-9-12-29(39)32(43)46-34(2,3)4/h8,10-11,13-16,26,28-29H,9,12,17-21H2,1-7H3,(H,38,40)(H,41,42)/t26-,28+,29+,36+/m1/s1. The van der Waals surface area contributed by atoms with Gasteiger partial charge < -0.3 is 24.8 Å². The molecule has 1 saturated carbocycles. The number of carbonyl (C=O) groups is 4. The van der Waals surface area contributed by atoms with Crippen LogP contribution in [0.5, 0.6) is 5.75 Å². The van der Waals surface area contributed by atoms with Crippen LogP contribution in [0.25, 0.3) is 0 Å². The Labute approximate surface area is 277 Å². The molecule has 0 unspecified atom stereocenters. The average Bonchev–Trinajstić information content (AvgIpc) is 3.55. The summed E-state index contributed by atoms with van der Waals surface area (Å²) in [6, 6.07) is 11.0. The summed E-state index contributed by atoms with van der Waals surface area (Å²) < 4.78 is 11.5. The Balaban J connectivity index is 1.40. The maximum Gasteiger partial charge on any atom is 0.329 e. The van der Waals surface area contributed by atoms with Crippen molar-refractivity contribution < 1.29 is 33.8 Å². The van der Waals surface area contributed by atoms with E-state index in [1.165, 1.54) is 0 Å². The van der Waals surface area contributed by atoms with Gasteiger partial charge in [0.05, 0.1) is 5.41 Å². The van der Waals surface area contributed by atoms with E-state index in [0.29, 0.717) is 49.6 Å². The fraction of sp³-hybridized carbons (Fsp3) is 0.556. The van der Waals surface area contributed by atoms with Crippen LogP contribution in [0.3, 0.4) is 0 Å². The Kier molecular flexibility index (Phi) is 10.5. The molecular weight excluding hydrogens is 608 g/mol. The van der Waals surface area contributed by atoms with E-state index in [2.05, 4.69) is 5.32 Å². The number of ether oxygens (including phenoxy) is 2. The van der Waals surface area contributed by atoms with Crippen LogP contribution in [0.2, 0.25) is 5.02 Å². The molecule has 46 heavy (non-hydrogen) atoms. The Bertz CT molecular complexity index is 1450. The maximum atomic E-state index is 14.1. The second-order valence-corrected chi connectivity index (χ2v) is 14.8. The van der Waals surface area contributed by atoms with Gasteiger partial charge in [-0.25, -0.2) is 9.59 Å². The van der Waals surface area contributed by atoms with Gasteiger partial charge in [0.1, 0.15) is 30.0 Å². The number of halogens is 1. The van der Waals surface area contributed by atoms with Crippen molar-refractivity contribution in [3.63, 3.8) is 0 Å². The minimum Gasteiger partial charge on any atom is -0.489 e. The molecule has 0 spiro atoms. The van der Waals surface area contributed by atoms with Gasteiger partial charge in [-0.15, -0.1) is 0 Å². The van der Waals surface area contributed by atoms with Gasteiger partial charge in [0.25, 0.3) is 0 Å². The van der Waals surface area contributed by atoms with E-state index in [1.54, 1.807) is 49.9 Å². The summed E-state index contributed by atoms with van der Waals surface area (Å²) in [6.07, 6.45) is 2.19. The van der Waals surface area contributed by atoms with Crippen molar-refractivity contribution in [1.29, 1.82) is 0 Å². The quantitative estimate of drug-likeness (QED) is 0.296. The fourth-order valence-electron chi connectivity index (χ4n) is 6.72. The largest absolute Gasteiger partial charge is 0.489 e. The molecule has 2 fully saturated rings. The first-order valence-corrected chi connectivity index (χ1v) is 16.4. The van der Waals surface area contributed by atoms with Gasteiger partial charge in [-0.1, -0.05) is 56.6 Å². The molecule has 1 aliphatic carbocycles. The number of hydrogen-bond acceptors (Lipinski definition) is 6. The van der Waals surface area contributed by atoms with Crippen molar-refractivity contribution in [2.75, 3.05) is 6.54 Å². The number of carboxylic acids is 1. The Hall–Kier alpha value is -3.59. The van der Waals surface area contributed by atoms with Crippen LogP contribution in [-0.2, 0) is 36.9 Å². The van der Waals surface area contributed by atoms with Crippen LogP contribution in [0.1, 0.15) is 83.9 Å². The van der Waals surface area contributed by atoms with Gasteiger partial charge in [0.15, 0.2) is 0 Å². The van der Waals surface area contributed by atoms with Crippen molar-refractivity contribution in [2.24, 2.45) is 16.7 Å². The third-order valence-electron chi connectivity index (χ3n) is 9.92. The molecule has 2 aromatic carbocycles. The lowest BCUT2D eigenvalue weighted by Gasteiger charge is -2.43. The molecule has 4 atom stereocenters. The van der Waals surface area contributed by atoms with E-state index in [0.717, 1.165) is 16.7 Å². The molecule has 9 nitrogen and oxygen atoms in total. The highest BCUT2D eigenvalue weighted by atomic mass is 35.5. The van der Waals surface area contributed by atoms with Gasteiger partial charge in [-0.2, -0.15) is 0 Å². The van der Waals surface area contributed by atoms with Crippen LogP contribution in [0.15, 0.2) is 42.5 Å². The molecule has 1 saturated heterocycles. The number of hydrogen-bond donors (Lipinski definition) is 2. The van der Waals surface area contributed by atoms with Gasteiger partial charge in [-0.05, 0) is 88.1 Å². The molecule has 250 valence electrons. The van der Waals surface area contributed by atoms with Crippen LogP contribution in [0, 0.1) is 23.7 Å². The lowest BCUT2D eigenvalue weighted by Crippen LogP contribution is -2.54. The molecule has 0 aromatic heterocycles. The Morgan fingerprint density at radius 1 is 1.07 bits per heavy atom. The summed E-state index contributed by atoms with van der Waals surface area (Å²) in [6.45, 7) is 13.8. The molecule has 2 N–H and O–H groups in total. The second-order valence-electron chi connectivity index (χ2n) is 14.4. The lowest BCUT2D eigenvalue weighted by atomic mass is 9.64. The van der Waals surface area contributed by atoms with E-state index in [-0.39, 0.29) is 12.3 Å². The highest BCUT2D eigenvalue weighted by Gasteiger charge is 2.60. The maximum absolute atomic E-state index is 14.1. The molecule has 2 amide bonds. The summed E-state index contributed by atoms with van der Waals surface area (Å²) in [5, 5.41) is 13.4. The molecule has 1 heterocycles. The summed E-state index contributed by atoms with van der Waals surface area (Å²) in [7, 11) is 0.